The third-order valence-electron chi connectivity index (χ3n) is 6.15. The van der Waals surface area contributed by atoms with Crippen molar-refractivity contribution in [3.8, 4) is 0 Å². The zero-order chi connectivity index (χ0) is 22.5. The molecule has 1 aromatic carbocycles. The number of nitrogens with zero attached hydrogens (tertiary/aromatic N) is 4. The lowest BCUT2D eigenvalue weighted by Gasteiger charge is -2.26. The second-order valence-electron chi connectivity index (χ2n) is 8.62. The molecule has 1 N–H and O–H groups in total. The van der Waals surface area contributed by atoms with Gasteiger partial charge in [0.1, 0.15) is 11.3 Å². The van der Waals surface area contributed by atoms with Crippen molar-refractivity contribution in [2.45, 2.75) is 45.2 Å². The summed E-state index contributed by atoms with van der Waals surface area (Å²) in [6.07, 6.45) is 6.68. The molecule has 1 fully saturated rings. The van der Waals surface area contributed by atoms with Crippen LogP contribution in [0.1, 0.15) is 41.9 Å². The van der Waals surface area contributed by atoms with E-state index in [0.717, 1.165) is 35.8 Å². The molecule has 4 aromatic rings. The van der Waals surface area contributed by atoms with Gasteiger partial charge in [-0.1, -0.05) is 24.6 Å². The third kappa shape index (κ3) is 5.49. The van der Waals surface area contributed by atoms with Crippen molar-refractivity contribution in [3.63, 3.8) is 0 Å². The number of rotatable bonds is 8. The number of aromatic nitrogens is 3. The molecule has 1 saturated heterocycles. The van der Waals surface area contributed by atoms with E-state index < -0.39 is 0 Å². The van der Waals surface area contributed by atoms with Crippen molar-refractivity contribution < 1.29 is 4.79 Å². The van der Waals surface area contributed by atoms with Gasteiger partial charge in [-0.05, 0) is 67.2 Å². The van der Waals surface area contributed by atoms with Crippen molar-refractivity contribution in [3.05, 3.63) is 76.4 Å². The summed E-state index contributed by atoms with van der Waals surface area (Å²) < 4.78 is 2.13. The summed E-state index contributed by atoms with van der Waals surface area (Å²) in [5, 5.41) is 5.11. The lowest BCUT2D eigenvalue weighted by atomic mass is 10.1. The summed E-state index contributed by atoms with van der Waals surface area (Å²) >= 11 is 1.72. The van der Waals surface area contributed by atoms with Gasteiger partial charge in [0.25, 0.3) is 0 Å². The molecule has 0 unspecified atom stereocenters. The molecule has 0 atom stereocenters. The number of imidazole rings is 1. The highest BCUT2D eigenvalue weighted by atomic mass is 32.1. The molecule has 1 aliphatic heterocycles. The van der Waals surface area contributed by atoms with E-state index in [0.29, 0.717) is 12.8 Å². The molecule has 4 heterocycles. The molecule has 6 nitrogen and oxygen atoms in total. The maximum Gasteiger partial charge on any atom is 0.224 e. The van der Waals surface area contributed by atoms with E-state index in [1.807, 2.05) is 24.3 Å². The SMILES string of the molecule is O=C(CCc1nc2cccnc2n1Cc1cccs1)Nc1ccc(CN2CCCCC2)cc1. The van der Waals surface area contributed by atoms with Crippen LogP contribution in [0.25, 0.3) is 11.2 Å². The zero-order valence-electron chi connectivity index (χ0n) is 18.7. The number of benzene rings is 1. The van der Waals surface area contributed by atoms with Crippen molar-refractivity contribution in [2.24, 2.45) is 0 Å². The van der Waals surface area contributed by atoms with E-state index in [1.54, 1.807) is 17.5 Å². The Morgan fingerprint density at radius 1 is 1.00 bits per heavy atom. The van der Waals surface area contributed by atoms with E-state index in [4.69, 9.17) is 4.98 Å². The number of thiophene rings is 1. The molecular formula is C26H29N5OS. The smallest absolute Gasteiger partial charge is 0.224 e. The number of aryl methyl sites for hydroxylation is 1. The molecule has 7 heteroatoms. The number of anilines is 1. The molecule has 0 saturated carbocycles. The number of carbonyl (C=O) groups is 1. The molecule has 3 aromatic heterocycles. The zero-order valence-corrected chi connectivity index (χ0v) is 19.6. The number of fused-ring (bicyclic) bond motifs is 1. The average Bonchev–Trinajstić information content (AvgIpc) is 3.48. The standard InChI is InChI=1S/C26H29N5OS/c32-25(28-21-10-8-20(9-11-21)18-30-15-2-1-3-16-30)13-12-24-29-23-7-4-14-27-26(23)31(24)19-22-6-5-17-33-22/h4-11,14,17H,1-3,12-13,15-16,18-19H2,(H,28,32). The molecule has 0 bridgehead atoms. The van der Waals surface area contributed by atoms with Crippen molar-refractivity contribution >= 4 is 34.1 Å². The minimum absolute atomic E-state index is 0.00136. The topological polar surface area (TPSA) is 63.1 Å². The molecule has 1 aliphatic rings. The number of piperidine rings is 1. The summed E-state index contributed by atoms with van der Waals surface area (Å²) in [6, 6.07) is 16.3. The monoisotopic (exact) mass is 459 g/mol. The quantitative estimate of drug-likeness (QED) is 0.398. The van der Waals surface area contributed by atoms with Gasteiger partial charge in [0, 0.05) is 36.1 Å². The number of nitrogens with one attached hydrogen (secondary N) is 1. The first-order chi connectivity index (χ1) is 16.2. The number of hydrogen-bond acceptors (Lipinski definition) is 5. The highest BCUT2D eigenvalue weighted by Crippen LogP contribution is 2.20. The maximum absolute atomic E-state index is 12.7. The Morgan fingerprint density at radius 3 is 2.64 bits per heavy atom. The molecule has 33 heavy (non-hydrogen) atoms. The Labute approximate surface area is 198 Å². The molecule has 1 amide bonds. The van der Waals surface area contributed by atoms with E-state index in [1.165, 1.54) is 42.8 Å². The second-order valence-corrected chi connectivity index (χ2v) is 9.65. The molecule has 0 aliphatic carbocycles. The van der Waals surface area contributed by atoms with Crippen LogP contribution < -0.4 is 5.32 Å². The van der Waals surface area contributed by atoms with Gasteiger partial charge < -0.3 is 9.88 Å². The van der Waals surface area contributed by atoms with Crippen molar-refractivity contribution in [1.29, 1.82) is 0 Å². The molecule has 0 radical (unpaired) electrons. The Morgan fingerprint density at radius 2 is 1.85 bits per heavy atom. The molecular weight excluding hydrogens is 430 g/mol. The normalized spacial score (nSPS) is 14.5. The predicted molar refractivity (Wildman–Crippen MR) is 133 cm³/mol. The fourth-order valence-electron chi connectivity index (χ4n) is 4.44. The van der Waals surface area contributed by atoms with Gasteiger partial charge in [-0.15, -0.1) is 11.3 Å². The van der Waals surface area contributed by atoms with Gasteiger partial charge in [0.15, 0.2) is 5.65 Å². The van der Waals surface area contributed by atoms with Crippen LogP contribution in [0.2, 0.25) is 0 Å². The highest BCUT2D eigenvalue weighted by molar-refractivity contribution is 7.09. The Balaban J connectivity index is 1.20. The first-order valence-electron chi connectivity index (χ1n) is 11.7. The van der Waals surface area contributed by atoms with Gasteiger partial charge in [-0.2, -0.15) is 0 Å². The number of hydrogen-bond donors (Lipinski definition) is 1. The lowest BCUT2D eigenvalue weighted by Crippen LogP contribution is -2.29. The second kappa shape index (κ2) is 10.3. The fraction of sp³-hybridized carbons (Fsp3) is 0.346. The van der Waals surface area contributed by atoms with Crippen molar-refractivity contribution in [2.75, 3.05) is 18.4 Å². The number of amides is 1. The van der Waals surface area contributed by atoms with Gasteiger partial charge in [-0.25, -0.2) is 9.97 Å². The van der Waals surface area contributed by atoms with E-state index in [9.17, 15) is 4.79 Å². The van der Waals surface area contributed by atoms with Crippen LogP contribution in [0.15, 0.2) is 60.1 Å². The Hall–Kier alpha value is -3.03. The van der Waals surface area contributed by atoms with Crippen LogP contribution in [0.4, 0.5) is 5.69 Å². The van der Waals surface area contributed by atoms with Gasteiger partial charge >= 0.3 is 0 Å². The summed E-state index contributed by atoms with van der Waals surface area (Å²) in [6.45, 7) is 4.08. The van der Waals surface area contributed by atoms with E-state index in [2.05, 4.69) is 49.4 Å². The molecule has 170 valence electrons. The first kappa shape index (κ1) is 21.8. The minimum atomic E-state index is 0.00136. The third-order valence-corrected chi connectivity index (χ3v) is 7.01. The maximum atomic E-state index is 12.7. The summed E-state index contributed by atoms with van der Waals surface area (Å²) in [7, 11) is 0. The van der Waals surface area contributed by atoms with E-state index in [-0.39, 0.29) is 5.91 Å². The molecule has 5 rings (SSSR count). The van der Waals surface area contributed by atoms with Gasteiger partial charge in [0.2, 0.25) is 5.91 Å². The summed E-state index contributed by atoms with van der Waals surface area (Å²) in [4.78, 5) is 25.7. The van der Waals surface area contributed by atoms with Crippen LogP contribution in [0.3, 0.4) is 0 Å². The Kier molecular flexibility index (Phi) is 6.79. The van der Waals surface area contributed by atoms with E-state index >= 15 is 0 Å². The van der Waals surface area contributed by atoms with Crippen LogP contribution in [-0.4, -0.2) is 38.4 Å². The minimum Gasteiger partial charge on any atom is -0.326 e. The number of pyridine rings is 1. The Bertz CT molecular complexity index is 1190. The predicted octanol–water partition coefficient (Wildman–Crippen LogP) is 5.10. The van der Waals surface area contributed by atoms with Gasteiger partial charge in [-0.3, -0.25) is 9.69 Å². The summed E-state index contributed by atoms with van der Waals surface area (Å²) in [5.74, 6) is 0.894. The number of carbonyl (C=O) groups excluding carboxylic acids is 1. The average molecular weight is 460 g/mol. The number of likely N-dealkylation sites (tertiary alicyclic amines) is 1. The summed E-state index contributed by atoms with van der Waals surface area (Å²) in [5.41, 5.74) is 3.88. The molecule has 0 spiro atoms. The van der Waals surface area contributed by atoms with Gasteiger partial charge in [0.05, 0.1) is 6.54 Å². The lowest BCUT2D eigenvalue weighted by molar-refractivity contribution is -0.116. The van der Waals surface area contributed by atoms with Crippen molar-refractivity contribution in [1.82, 2.24) is 19.4 Å². The first-order valence-corrected chi connectivity index (χ1v) is 12.6. The highest BCUT2D eigenvalue weighted by Gasteiger charge is 2.15. The fourth-order valence-corrected chi connectivity index (χ4v) is 5.13. The largest absolute Gasteiger partial charge is 0.326 e. The van der Waals surface area contributed by atoms with Crippen LogP contribution in [-0.2, 0) is 24.3 Å². The van der Waals surface area contributed by atoms with Crippen LogP contribution in [0.5, 0.6) is 0 Å². The van der Waals surface area contributed by atoms with Crippen LogP contribution >= 0.6 is 11.3 Å². The van der Waals surface area contributed by atoms with Crippen LogP contribution in [0, 0.1) is 0 Å².